The number of alkyl halides is 5. The highest BCUT2D eigenvalue weighted by Crippen LogP contribution is 2.42. The molecule has 1 aliphatic rings. The Morgan fingerprint density at radius 3 is 2.32 bits per heavy atom. The summed E-state index contributed by atoms with van der Waals surface area (Å²) in [5, 5.41) is 12.3. The zero-order chi connectivity index (χ0) is 16.3. The minimum atomic E-state index is -2.11. The van der Waals surface area contributed by atoms with Gasteiger partial charge in [-0.1, -0.05) is 18.2 Å². The topological polar surface area (TPSA) is 32.3 Å². The zero-order valence-electron chi connectivity index (χ0n) is 11.7. The summed E-state index contributed by atoms with van der Waals surface area (Å²) in [7, 11) is 0. The van der Waals surface area contributed by atoms with Crippen molar-refractivity contribution in [1.29, 1.82) is 0 Å². The van der Waals surface area contributed by atoms with Crippen molar-refractivity contribution >= 4 is 17.3 Å². The van der Waals surface area contributed by atoms with Crippen LogP contribution >= 0.6 is 11.6 Å². The van der Waals surface area contributed by atoms with Gasteiger partial charge in [-0.05, 0) is 11.6 Å². The Labute approximate surface area is 131 Å². The second kappa shape index (κ2) is 7.51. The Kier molecular flexibility index (Phi) is 5.92. The van der Waals surface area contributed by atoms with Gasteiger partial charge in [-0.3, -0.25) is 0 Å². The fourth-order valence-corrected chi connectivity index (χ4v) is 2.78. The first-order valence-electron chi connectivity index (χ1n) is 7.08. The predicted molar refractivity (Wildman–Crippen MR) is 78.6 cm³/mol. The second-order valence-corrected chi connectivity index (χ2v) is 5.77. The lowest BCUT2D eigenvalue weighted by Gasteiger charge is -2.35. The molecule has 2 nitrogen and oxygen atoms in total. The fourth-order valence-electron chi connectivity index (χ4n) is 2.67. The highest BCUT2D eigenvalue weighted by atomic mass is 35.5. The molecule has 1 fully saturated rings. The summed E-state index contributed by atoms with van der Waals surface area (Å²) in [5.41, 5.74) is 0.498. The molecule has 5 atom stereocenters. The monoisotopic (exact) mass is 339 g/mol. The Bertz CT molecular complexity index is 478. The number of aliphatic hydroxyl groups excluding tert-OH is 1. The zero-order valence-corrected chi connectivity index (χ0v) is 12.5. The lowest BCUT2D eigenvalue weighted by atomic mass is 9.78. The first kappa shape index (κ1) is 17.3. The quantitative estimate of drug-likeness (QED) is 0.635. The van der Waals surface area contributed by atoms with E-state index in [1.54, 1.807) is 18.2 Å². The Morgan fingerprint density at radius 1 is 1.14 bits per heavy atom. The molecule has 1 aromatic carbocycles. The van der Waals surface area contributed by atoms with E-state index in [9.17, 15) is 22.7 Å². The van der Waals surface area contributed by atoms with Crippen LogP contribution in [-0.2, 0) is 0 Å². The summed E-state index contributed by atoms with van der Waals surface area (Å²) in [5.74, 6) is -1.52. The van der Waals surface area contributed by atoms with Crippen molar-refractivity contribution in [2.75, 3.05) is 17.7 Å². The second-order valence-electron chi connectivity index (χ2n) is 5.46. The Morgan fingerprint density at radius 2 is 1.73 bits per heavy atom. The van der Waals surface area contributed by atoms with Crippen LogP contribution in [-0.4, -0.2) is 48.3 Å². The Hall–Kier alpha value is -1.01. The largest absolute Gasteiger partial charge is 0.390 e. The molecule has 0 aliphatic heterocycles. The van der Waals surface area contributed by atoms with Gasteiger partial charge in [0.1, 0.15) is 24.7 Å². The molecule has 22 heavy (non-hydrogen) atoms. The van der Waals surface area contributed by atoms with Gasteiger partial charge in [-0.2, -0.15) is 0 Å². The van der Waals surface area contributed by atoms with Crippen molar-refractivity contribution in [2.24, 2.45) is 0 Å². The van der Waals surface area contributed by atoms with Crippen molar-refractivity contribution in [3.8, 4) is 0 Å². The molecule has 1 aliphatic carbocycles. The van der Waals surface area contributed by atoms with Crippen LogP contribution < -0.4 is 5.32 Å². The summed E-state index contributed by atoms with van der Waals surface area (Å²) in [6.45, 7) is 0.0687. The van der Waals surface area contributed by atoms with Gasteiger partial charge in [0.25, 0.3) is 0 Å². The number of anilines is 1. The number of halogens is 5. The molecular weight excluding hydrogens is 322 g/mol. The molecule has 0 spiro atoms. The highest BCUT2D eigenvalue weighted by Gasteiger charge is 2.47. The molecule has 0 bridgehead atoms. The maximum atomic E-state index is 14.1. The van der Waals surface area contributed by atoms with Crippen LogP contribution in [0.15, 0.2) is 24.3 Å². The molecule has 1 aromatic rings. The van der Waals surface area contributed by atoms with E-state index >= 15 is 0 Å². The minimum absolute atomic E-state index is 0.00479. The van der Waals surface area contributed by atoms with E-state index in [-0.39, 0.29) is 18.0 Å². The normalized spacial score (nSPS) is 33.5. The molecule has 2 rings (SSSR count). The summed E-state index contributed by atoms with van der Waals surface area (Å²) >= 11 is 5.48. The Balaban J connectivity index is 2.26. The molecular formula is C15H18ClF4NO. The molecule has 0 saturated heterocycles. The summed E-state index contributed by atoms with van der Waals surface area (Å²) < 4.78 is 55.4. The van der Waals surface area contributed by atoms with Crippen molar-refractivity contribution in [1.82, 2.24) is 0 Å². The third kappa shape index (κ3) is 3.66. The van der Waals surface area contributed by atoms with E-state index in [0.717, 1.165) is 0 Å². The minimum Gasteiger partial charge on any atom is -0.390 e. The average Bonchev–Trinajstić information content (AvgIpc) is 2.52. The number of nitrogens with one attached hydrogen (secondary N) is 1. The number of hydrogen-bond donors (Lipinski definition) is 2. The SMILES string of the molecule is OC(CCl)CNc1ccccc1C1C(F)C(F)CC(F)C1F. The van der Waals surface area contributed by atoms with Crippen molar-refractivity contribution < 1.29 is 22.7 Å². The third-order valence-corrected chi connectivity index (χ3v) is 4.21. The third-order valence-electron chi connectivity index (χ3n) is 3.85. The van der Waals surface area contributed by atoms with Gasteiger partial charge < -0.3 is 10.4 Å². The fraction of sp³-hybridized carbons (Fsp3) is 0.600. The number of aliphatic hydroxyl groups is 1. The van der Waals surface area contributed by atoms with E-state index in [1.165, 1.54) is 6.07 Å². The van der Waals surface area contributed by atoms with Crippen LogP contribution in [0.1, 0.15) is 17.9 Å². The molecule has 7 heteroatoms. The van der Waals surface area contributed by atoms with Crippen LogP contribution in [0.5, 0.6) is 0 Å². The molecule has 5 unspecified atom stereocenters. The van der Waals surface area contributed by atoms with E-state index in [2.05, 4.69) is 5.32 Å². The van der Waals surface area contributed by atoms with Crippen LogP contribution in [0.3, 0.4) is 0 Å². The molecule has 0 amide bonds. The van der Waals surface area contributed by atoms with Gasteiger partial charge >= 0.3 is 0 Å². The maximum absolute atomic E-state index is 14.1. The first-order chi connectivity index (χ1) is 10.5. The number of para-hydroxylation sites is 1. The summed E-state index contributed by atoms with van der Waals surface area (Å²) in [6.07, 6.45) is -9.89. The van der Waals surface area contributed by atoms with Gasteiger partial charge in [-0.25, -0.2) is 17.6 Å². The van der Waals surface area contributed by atoms with Crippen LogP contribution in [0.2, 0.25) is 0 Å². The van der Waals surface area contributed by atoms with Gasteiger partial charge in [0, 0.05) is 18.7 Å². The lowest BCUT2D eigenvalue weighted by Crippen LogP contribution is -2.44. The smallest absolute Gasteiger partial charge is 0.141 e. The van der Waals surface area contributed by atoms with Gasteiger partial charge in [0.2, 0.25) is 0 Å². The number of rotatable bonds is 5. The summed E-state index contributed by atoms with van der Waals surface area (Å²) in [4.78, 5) is 0. The standard InChI is InChI=1S/C15H18ClF4NO/c16-6-8(22)7-21-12-4-2-1-3-9(12)13-14(19)10(17)5-11(18)15(13)20/h1-4,8,10-11,13-15,21-22H,5-7H2. The molecule has 0 aromatic heterocycles. The van der Waals surface area contributed by atoms with Crippen LogP contribution in [0, 0.1) is 0 Å². The van der Waals surface area contributed by atoms with Crippen LogP contribution in [0.25, 0.3) is 0 Å². The van der Waals surface area contributed by atoms with Crippen molar-refractivity contribution in [3.05, 3.63) is 29.8 Å². The lowest BCUT2D eigenvalue weighted by molar-refractivity contribution is -0.00552. The van der Waals surface area contributed by atoms with E-state index in [4.69, 9.17) is 11.6 Å². The molecule has 2 N–H and O–H groups in total. The van der Waals surface area contributed by atoms with Crippen molar-refractivity contribution in [2.45, 2.75) is 43.1 Å². The average molecular weight is 340 g/mol. The van der Waals surface area contributed by atoms with E-state index in [1.807, 2.05) is 0 Å². The summed E-state index contributed by atoms with van der Waals surface area (Å²) in [6, 6.07) is 6.16. The molecule has 0 heterocycles. The highest BCUT2D eigenvalue weighted by molar-refractivity contribution is 6.18. The van der Waals surface area contributed by atoms with Gasteiger partial charge in [0.05, 0.1) is 17.9 Å². The molecule has 124 valence electrons. The van der Waals surface area contributed by atoms with Crippen molar-refractivity contribution in [3.63, 3.8) is 0 Å². The molecule has 1 saturated carbocycles. The van der Waals surface area contributed by atoms with Crippen LogP contribution in [0.4, 0.5) is 23.2 Å². The van der Waals surface area contributed by atoms with Gasteiger partial charge in [-0.15, -0.1) is 11.6 Å². The van der Waals surface area contributed by atoms with E-state index < -0.39 is 43.1 Å². The maximum Gasteiger partial charge on any atom is 0.141 e. The first-order valence-corrected chi connectivity index (χ1v) is 7.62. The van der Waals surface area contributed by atoms with Gasteiger partial charge in [0.15, 0.2) is 0 Å². The van der Waals surface area contributed by atoms with E-state index in [0.29, 0.717) is 5.69 Å². The molecule has 0 radical (unpaired) electrons. The predicted octanol–water partition coefficient (Wildman–Crippen LogP) is 3.54. The number of benzene rings is 1. The number of hydrogen-bond acceptors (Lipinski definition) is 2.